The molecule has 0 saturated carbocycles. The van der Waals surface area contributed by atoms with Gasteiger partial charge >= 0.3 is 0 Å². The first kappa shape index (κ1) is 13.9. The van der Waals surface area contributed by atoms with E-state index >= 15 is 0 Å². The van der Waals surface area contributed by atoms with E-state index in [1.165, 1.54) is 24.3 Å². The van der Waals surface area contributed by atoms with Gasteiger partial charge in [0.05, 0.1) is 6.61 Å². The summed E-state index contributed by atoms with van der Waals surface area (Å²) in [5.74, 6) is 4.43. The summed E-state index contributed by atoms with van der Waals surface area (Å²) in [6, 6.07) is 4.00. The lowest BCUT2D eigenvalue weighted by Gasteiger charge is -2.22. The van der Waals surface area contributed by atoms with Gasteiger partial charge in [0.25, 0.3) is 0 Å². The largest absolute Gasteiger partial charge is 0.384 e. The Morgan fingerprint density at radius 3 is 3.25 bits per heavy atom. The van der Waals surface area contributed by atoms with Gasteiger partial charge in [-0.15, -0.1) is 0 Å². The lowest BCUT2D eigenvalue weighted by atomic mass is 10.1. The molecule has 3 heterocycles. The number of aromatic nitrogens is 3. The van der Waals surface area contributed by atoms with Gasteiger partial charge in [-0.05, 0) is 42.4 Å². The van der Waals surface area contributed by atoms with E-state index in [1.54, 1.807) is 7.11 Å². The zero-order valence-corrected chi connectivity index (χ0v) is 12.7. The zero-order chi connectivity index (χ0) is 13.8. The number of rotatable bonds is 5. The van der Waals surface area contributed by atoms with Crippen LogP contribution in [0, 0.1) is 5.92 Å². The minimum absolute atomic E-state index is 0.711. The second-order valence-electron chi connectivity index (χ2n) is 5.31. The summed E-state index contributed by atoms with van der Waals surface area (Å²) < 4.78 is 7.52. The summed E-state index contributed by atoms with van der Waals surface area (Å²) in [6.07, 6.45) is 5.37. The van der Waals surface area contributed by atoms with Crippen molar-refractivity contribution in [2.45, 2.75) is 25.8 Å². The maximum absolute atomic E-state index is 5.21. The number of fused-ring (bicyclic) bond motifs is 1. The fraction of sp³-hybridized carbons (Fsp3) is 0.600. The Kier molecular flexibility index (Phi) is 4.58. The average Bonchev–Trinajstić information content (AvgIpc) is 2.84. The predicted octanol–water partition coefficient (Wildman–Crippen LogP) is 2.76. The van der Waals surface area contributed by atoms with E-state index in [0.29, 0.717) is 6.61 Å². The number of imidazole rings is 1. The maximum Gasteiger partial charge on any atom is 0.159 e. The van der Waals surface area contributed by atoms with Gasteiger partial charge in [-0.3, -0.25) is 0 Å². The molecule has 4 nitrogen and oxygen atoms in total. The Hall–Kier alpha value is -1.07. The van der Waals surface area contributed by atoms with Crippen LogP contribution in [-0.4, -0.2) is 39.8 Å². The number of nitrogens with zero attached hydrogens (tertiary/aromatic N) is 3. The Bertz CT molecular complexity index is 563. The molecule has 1 aliphatic heterocycles. The molecular weight excluding hydrogens is 270 g/mol. The zero-order valence-electron chi connectivity index (χ0n) is 11.9. The van der Waals surface area contributed by atoms with Gasteiger partial charge in [0.1, 0.15) is 11.3 Å². The van der Waals surface area contributed by atoms with Crippen molar-refractivity contribution in [2.24, 2.45) is 5.92 Å². The number of hydrogen-bond acceptors (Lipinski definition) is 4. The van der Waals surface area contributed by atoms with Crippen LogP contribution in [0.15, 0.2) is 18.3 Å². The van der Waals surface area contributed by atoms with Crippen LogP contribution in [0.2, 0.25) is 0 Å². The lowest BCUT2D eigenvalue weighted by Crippen LogP contribution is -2.19. The molecule has 2 aromatic heterocycles. The van der Waals surface area contributed by atoms with Gasteiger partial charge in [0.15, 0.2) is 5.65 Å². The number of ether oxygens (including phenoxy) is 1. The summed E-state index contributed by atoms with van der Waals surface area (Å²) in [4.78, 5) is 9.26. The van der Waals surface area contributed by atoms with E-state index < -0.39 is 0 Å². The highest BCUT2D eigenvalue weighted by atomic mass is 32.2. The fourth-order valence-electron chi connectivity index (χ4n) is 2.79. The fourth-order valence-corrected chi connectivity index (χ4v) is 3.93. The Morgan fingerprint density at radius 1 is 1.50 bits per heavy atom. The van der Waals surface area contributed by atoms with Crippen LogP contribution in [-0.2, 0) is 17.7 Å². The van der Waals surface area contributed by atoms with E-state index in [2.05, 4.69) is 21.3 Å². The van der Waals surface area contributed by atoms with Crippen LogP contribution in [0.1, 0.15) is 18.7 Å². The quantitative estimate of drug-likeness (QED) is 0.849. The van der Waals surface area contributed by atoms with Gasteiger partial charge < -0.3 is 9.30 Å². The van der Waals surface area contributed by atoms with E-state index in [1.807, 2.05) is 18.3 Å². The molecule has 0 N–H and O–H groups in total. The molecule has 108 valence electrons. The first-order chi connectivity index (χ1) is 9.88. The van der Waals surface area contributed by atoms with Gasteiger partial charge in [0.2, 0.25) is 0 Å². The molecule has 1 aliphatic rings. The van der Waals surface area contributed by atoms with Crippen molar-refractivity contribution in [2.75, 3.05) is 25.2 Å². The second-order valence-corrected chi connectivity index (χ2v) is 6.46. The molecule has 3 rings (SSSR count). The van der Waals surface area contributed by atoms with Crippen molar-refractivity contribution in [3.05, 3.63) is 24.2 Å². The highest BCUT2D eigenvalue weighted by molar-refractivity contribution is 7.99. The highest BCUT2D eigenvalue weighted by Gasteiger charge is 2.18. The van der Waals surface area contributed by atoms with Gasteiger partial charge in [-0.1, -0.05) is 0 Å². The maximum atomic E-state index is 5.21. The Balaban J connectivity index is 1.88. The molecule has 0 spiro atoms. The molecule has 5 heteroatoms. The molecule has 0 aliphatic carbocycles. The van der Waals surface area contributed by atoms with Gasteiger partial charge in [0, 0.05) is 26.3 Å². The SMILES string of the molecule is COCCc1nc2cccnc2n1CC1CCCSC1. The first-order valence-corrected chi connectivity index (χ1v) is 8.41. The molecule has 1 saturated heterocycles. The molecule has 0 amide bonds. The molecule has 20 heavy (non-hydrogen) atoms. The minimum atomic E-state index is 0.711. The van der Waals surface area contributed by atoms with E-state index in [9.17, 15) is 0 Å². The van der Waals surface area contributed by atoms with Crippen molar-refractivity contribution in [3.63, 3.8) is 0 Å². The predicted molar refractivity (Wildman–Crippen MR) is 83.2 cm³/mol. The molecule has 1 atom stereocenters. The normalized spacial score (nSPS) is 19.6. The van der Waals surface area contributed by atoms with E-state index in [4.69, 9.17) is 9.72 Å². The topological polar surface area (TPSA) is 39.9 Å². The number of thioether (sulfide) groups is 1. The number of hydrogen-bond donors (Lipinski definition) is 0. The summed E-state index contributed by atoms with van der Waals surface area (Å²) in [5, 5.41) is 0. The van der Waals surface area contributed by atoms with E-state index in [-0.39, 0.29) is 0 Å². The van der Waals surface area contributed by atoms with Crippen molar-refractivity contribution < 1.29 is 4.74 Å². The number of methoxy groups -OCH3 is 1. The minimum Gasteiger partial charge on any atom is -0.384 e. The third-order valence-corrected chi connectivity index (χ3v) is 5.09. The molecule has 0 aromatic carbocycles. The standard InChI is InChI=1S/C15H21N3OS/c1-19-8-6-14-17-13-5-2-7-16-15(13)18(14)10-12-4-3-9-20-11-12/h2,5,7,12H,3-4,6,8-11H2,1H3. The van der Waals surface area contributed by atoms with E-state index in [0.717, 1.165) is 35.9 Å². The molecule has 1 unspecified atom stereocenters. The summed E-state index contributed by atoms with van der Waals surface area (Å²) >= 11 is 2.08. The third kappa shape index (κ3) is 2.99. The van der Waals surface area contributed by atoms with Gasteiger partial charge in [-0.2, -0.15) is 11.8 Å². The van der Waals surface area contributed by atoms with Gasteiger partial charge in [-0.25, -0.2) is 9.97 Å². The van der Waals surface area contributed by atoms with Crippen molar-refractivity contribution >= 4 is 22.9 Å². The van der Waals surface area contributed by atoms with Crippen LogP contribution in [0.25, 0.3) is 11.2 Å². The van der Waals surface area contributed by atoms with Crippen molar-refractivity contribution in [1.82, 2.24) is 14.5 Å². The summed E-state index contributed by atoms with van der Waals surface area (Å²) in [5.41, 5.74) is 2.02. The van der Waals surface area contributed by atoms with Crippen LogP contribution in [0.5, 0.6) is 0 Å². The molecule has 2 aromatic rings. The second kappa shape index (κ2) is 6.59. The van der Waals surface area contributed by atoms with Crippen LogP contribution >= 0.6 is 11.8 Å². The molecule has 1 fully saturated rings. The van der Waals surface area contributed by atoms with Crippen LogP contribution in [0.3, 0.4) is 0 Å². The van der Waals surface area contributed by atoms with Crippen LogP contribution in [0.4, 0.5) is 0 Å². The third-order valence-electron chi connectivity index (χ3n) is 3.81. The lowest BCUT2D eigenvalue weighted by molar-refractivity contribution is 0.199. The Morgan fingerprint density at radius 2 is 2.45 bits per heavy atom. The molecular formula is C15H21N3OS. The smallest absolute Gasteiger partial charge is 0.159 e. The van der Waals surface area contributed by atoms with Crippen molar-refractivity contribution in [3.8, 4) is 0 Å². The van der Waals surface area contributed by atoms with Crippen LogP contribution < -0.4 is 0 Å². The monoisotopic (exact) mass is 291 g/mol. The summed E-state index contributed by atoms with van der Waals surface area (Å²) in [6.45, 7) is 1.75. The molecule has 0 bridgehead atoms. The first-order valence-electron chi connectivity index (χ1n) is 7.25. The molecule has 0 radical (unpaired) electrons. The highest BCUT2D eigenvalue weighted by Crippen LogP contribution is 2.26. The summed E-state index contributed by atoms with van der Waals surface area (Å²) in [7, 11) is 1.74. The Labute approximate surface area is 123 Å². The van der Waals surface area contributed by atoms with Crippen molar-refractivity contribution in [1.29, 1.82) is 0 Å². The number of pyridine rings is 1. The average molecular weight is 291 g/mol.